The van der Waals surface area contributed by atoms with Crippen LogP contribution in [0.25, 0.3) is 0 Å². The molecule has 1 heterocycles. The van der Waals surface area contributed by atoms with Gasteiger partial charge in [-0.05, 0) is 46.9 Å². The van der Waals surface area contributed by atoms with E-state index >= 15 is 0 Å². The summed E-state index contributed by atoms with van der Waals surface area (Å²) in [7, 11) is 0. The largest absolute Gasteiger partial charge is 0.392 e. The molecule has 1 amide bonds. The number of thiocarbonyl (C=S) groups is 1. The minimum absolute atomic E-state index is 0.103. The number of hydrogen-bond donors (Lipinski definition) is 1. The molecule has 0 radical (unpaired) electrons. The first-order valence-electron chi connectivity index (χ1n) is 6.12. The fraction of sp³-hybridized carbons (Fsp3) is 0.385. The van der Waals surface area contributed by atoms with E-state index in [0.29, 0.717) is 11.5 Å². The Morgan fingerprint density at radius 1 is 1.21 bits per heavy atom. The molecule has 1 aliphatic heterocycles. The lowest BCUT2D eigenvalue weighted by molar-refractivity contribution is 0.0654. The van der Waals surface area contributed by atoms with Crippen molar-refractivity contribution in [2.75, 3.05) is 32.7 Å². The van der Waals surface area contributed by atoms with E-state index < -0.39 is 0 Å². The average molecular weight is 389 g/mol. The van der Waals surface area contributed by atoms with Crippen molar-refractivity contribution in [1.82, 2.24) is 9.80 Å². The number of rotatable bonds is 3. The highest BCUT2D eigenvalue weighted by Crippen LogP contribution is 2.11. The third kappa shape index (κ3) is 4.12. The van der Waals surface area contributed by atoms with Gasteiger partial charge < -0.3 is 10.6 Å². The molecule has 2 N–H and O–H groups in total. The van der Waals surface area contributed by atoms with Gasteiger partial charge in [0.2, 0.25) is 0 Å². The Kier molecular flexibility index (Phi) is 5.12. The highest BCUT2D eigenvalue weighted by Gasteiger charge is 2.22. The minimum Gasteiger partial charge on any atom is -0.392 e. The van der Waals surface area contributed by atoms with Crippen molar-refractivity contribution in [3.05, 3.63) is 33.4 Å². The standard InChI is InChI=1S/C13H16IN3OS/c14-11-3-1-10(2-4-11)13(18)17-7-5-16(6-8-17)9-12(15)19/h1-4H,5-9H2,(H2,15,19). The van der Waals surface area contributed by atoms with E-state index in [4.69, 9.17) is 18.0 Å². The van der Waals surface area contributed by atoms with Crippen LogP contribution in [-0.4, -0.2) is 53.4 Å². The summed E-state index contributed by atoms with van der Waals surface area (Å²) in [5.41, 5.74) is 6.28. The Morgan fingerprint density at radius 3 is 2.32 bits per heavy atom. The predicted octanol–water partition coefficient (Wildman–Crippen LogP) is 1.34. The summed E-state index contributed by atoms with van der Waals surface area (Å²) < 4.78 is 1.13. The van der Waals surface area contributed by atoms with Gasteiger partial charge in [-0.3, -0.25) is 9.69 Å². The molecule has 0 spiro atoms. The lowest BCUT2D eigenvalue weighted by Crippen LogP contribution is -2.50. The fourth-order valence-corrected chi connectivity index (χ4v) is 2.65. The Balaban J connectivity index is 1.92. The van der Waals surface area contributed by atoms with Crippen LogP contribution in [0.4, 0.5) is 0 Å². The third-order valence-corrected chi connectivity index (χ3v) is 3.98. The molecule has 1 aliphatic rings. The predicted molar refractivity (Wildman–Crippen MR) is 88.3 cm³/mol. The Bertz CT molecular complexity index is 469. The topological polar surface area (TPSA) is 49.6 Å². The SMILES string of the molecule is NC(=S)CN1CCN(C(=O)c2ccc(I)cc2)CC1. The van der Waals surface area contributed by atoms with Crippen LogP contribution in [0.5, 0.6) is 0 Å². The van der Waals surface area contributed by atoms with Gasteiger partial charge in [0.05, 0.1) is 4.99 Å². The zero-order valence-corrected chi connectivity index (χ0v) is 13.5. The van der Waals surface area contributed by atoms with Crippen LogP contribution in [0.2, 0.25) is 0 Å². The van der Waals surface area contributed by atoms with Gasteiger partial charge in [-0.15, -0.1) is 0 Å². The van der Waals surface area contributed by atoms with Gasteiger partial charge in [-0.25, -0.2) is 0 Å². The Morgan fingerprint density at radius 2 is 1.79 bits per heavy atom. The van der Waals surface area contributed by atoms with Gasteiger partial charge in [-0.2, -0.15) is 0 Å². The van der Waals surface area contributed by atoms with Crippen LogP contribution in [0.3, 0.4) is 0 Å². The zero-order chi connectivity index (χ0) is 13.8. The number of halogens is 1. The van der Waals surface area contributed by atoms with E-state index in [1.165, 1.54) is 0 Å². The molecular formula is C13H16IN3OS. The normalized spacial score (nSPS) is 16.4. The van der Waals surface area contributed by atoms with E-state index in [9.17, 15) is 4.79 Å². The van der Waals surface area contributed by atoms with Gasteiger partial charge in [0.25, 0.3) is 5.91 Å². The van der Waals surface area contributed by atoms with Gasteiger partial charge in [0.1, 0.15) is 0 Å². The maximum absolute atomic E-state index is 12.3. The molecule has 0 saturated carbocycles. The van der Waals surface area contributed by atoms with Crippen LogP contribution >= 0.6 is 34.8 Å². The first-order chi connectivity index (χ1) is 9.06. The maximum atomic E-state index is 12.3. The lowest BCUT2D eigenvalue weighted by atomic mass is 10.2. The number of hydrogen-bond acceptors (Lipinski definition) is 3. The van der Waals surface area contributed by atoms with Crippen molar-refractivity contribution < 1.29 is 4.79 Å². The van der Waals surface area contributed by atoms with Crippen molar-refractivity contribution in [2.45, 2.75) is 0 Å². The molecule has 1 fully saturated rings. The number of nitrogens with zero attached hydrogens (tertiary/aromatic N) is 2. The van der Waals surface area contributed by atoms with Crippen molar-refractivity contribution in [3.8, 4) is 0 Å². The Labute approximate surface area is 132 Å². The van der Waals surface area contributed by atoms with Gasteiger partial charge in [0, 0.05) is 41.9 Å². The molecule has 2 rings (SSSR count). The number of piperazine rings is 1. The van der Waals surface area contributed by atoms with Crippen molar-refractivity contribution in [3.63, 3.8) is 0 Å². The molecule has 0 aromatic heterocycles. The lowest BCUT2D eigenvalue weighted by Gasteiger charge is -2.34. The summed E-state index contributed by atoms with van der Waals surface area (Å²) in [4.78, 5) is 16.9. The highest BCUT2D eigenvalue weighted by molar-refractivity contribution is 14.1. The molecule has 1 aromatic carbocycles. The number of amides is 1. The molecule has 1 saturated heterocycles. The molecule has 6 heteroatoms. The molecule has 0 aliphatic carbocycles. The minimum atomic E-state index is 0.103. The molecular weight excluding hydrogens is 373 g/mol. The van der Waals surface area contributed by atoms with Crippen LogP contribution < -0.4 is 5.73 Å². The smallest absolute Gasteiger partial charge is 0.253 e. The number of carbonyl (C=O) groups is 1. The monoisotopic (exact) mass is 389 g/mol. The second-order valence-electron chi connectivity index (χ2n) is 4.54. The maximum Gasteiger partial charge on any atom is 0.253 e. The van der Waals surface area contributed by atoms with Crippen LogP contribution in [-0.2, 0) is 0 Å². The quantitative estimate of drug-likeness (QED) is 0.626. The van der Waals surface area contributed by atoms with E-state index in [2.05, 4.69) is 27.5 Å². The molecule has 102 valence electrons. The number of nitrogens with two attached hydrogens (primary N) is 1. The van der Waals surface area contributed by atoms with Crippen LogP contribution in [0.1, 0.15) is 10.4 Å². The van der Waals surface area contributed by atoms with Gasteiger partial charge >= 0.3 is 0 Å². The van der Waals surface area contributed by atoms with E-state index in [-0.39, 0.29) is 5.91 Å². The summed E-state index contributed by atoms with van der Waals surface area (Å²) in [6, 6.07) is 7.67. The number of benzene rings is 1. The summed E-state index contributed by atoms with van der Waals surface area (Å²) in [5, 5.41) is 0. The third-order valence-electron chi connectivity index (χ3n) is 3.13. The second-order valence-corrected chi connectivity index (χ2v) is 6.31. The van der Waals surface area contributed by atoms with Crippen LogP contribution in [0, 0.1) is 3.57 Å². The van der Waals surface area contributed by atoms with Crippen molar-refractivity contribution in [1.29, 1.82) is 0 Å². The summed E-state index contributed by atoms with van der Waals surface area (Å²) in [6.07, 6.45) is 0. The molecule has 0 unspecified atom stereocenters. The highest BCUT2D eigenvalue weighted by atomic mass is 127. The molecule has 1 aromatic rings. The summed E-state index contributed by atoms with van der Waals surface area (Å²) >= 11 is 7.13. The van der Waals surface area contributed by atoms with Crippen molar-refractivity contribution in [2.24, 2.45) is 5.73 Å². The van der Waals surface area contributed by atoms with Crippen molar-refractivity contribution >= 4 is 45.7 Å². The van der Waals surface area contributed by atoms with E-state index in [0.717, 1.165) is 35.3 Å². The summed E-state index contributed by atoms with van der Waals surface area (Å²) in [5.74, 6) is 0.103. The molecule has 0 bridgehead atoms. The first kappa shape index (κ1) is 14.7. The second kappa shape index (κ2) is 6.62. The Hall–Kier alpha value is -0.730. The average Bonchev–Trinajstić information content (AvgIpc) is 2.39. The first-order valence-corrected chi connectivity index (χ1v) is 7.60. The fourth-order valence-electron chi connectivity index (χ4n) is 2.10. The van der Waals surface area contributed by atoms with E-state index in [1.807, 2.05) is 29.2 Å². The van der Waals surface area contributed by atoms with Gasteiger partial charge in [0.15, 0.2) is 0 Å². The molecule has 4 nitrogen and oxygen atoms in total. The summed E-state index contributed by atoms with van der Waals surface area (Å²) in [6.45, 7) is 3.75. The van der Waals surface area contributed by atoms with Crippen LogP contribution in [0.15, 0.2) is 24.3 Å². The number of carbonyl (C=O) groups excluding carboxylic acids is 1. The zero-order valence-electron chi connectivity index (χ0n) is 10.5. The van der Waals surface area contributed by atoms with E-state index in [1.54, 1.807) is 0 Å². The molecule has 0 atom stereocenters. The van der Waals surface area contributed by atoms with Gasteiger partial charge in [-0.1, -0.05) is 12.2 Å². The molecule has 19 heavy (non-hydrogen) atoms.